The summed E-state index contributed by atoms with van der Waals surface area (Å²) < 4.78 is 2.43. The number of fused-ring (bicyclic) bond motifs is 1. The smallest absolute Gasteiger partial charge is 0.121 e. The standard InChI is InChI=1S/C9H6BrIOS/c10-4-6-7(12)2-1-5-3-8(11)13-9(5)6/h1-3,12H,4H2. The van der Waals surface area contributed by atoms with E-state index in [9.17, 15) is 5.11 Å². The van der Waals surface area contributed by atoms with Crippen LogP contribution >= 0.6 is 49.9 Å². The lowest BCUT2D eigenvalue weighted by Gasteiger charge is -2.00. The third-order valence-corrected chi connectivity index (χ3v) is 4.40. The second-order valence-corrected chi connectivity index (χ2v) is 6.17. The zero-order chi connectivity index (χ0) is 9.42. The van der Waals surface area contributed by atoms with Crippen LogP contribution in [-0.2, 0) is 5.33 Å². The molecule has 0 fully saturated rings. The lowest BCUT2D eigenvalue weighted by molar-refractivity contribution is 0.472. The summed E-state index contributed by atoms with van der Waals surface area (Å²) in [4.78, 5) is 0. The third kappa shape index (κ3) is 1.71. The van der Waals surface area contributed by atoms with Crippen molar-refractivity contribution in [1.82, 2.24) is 0 Å². The van der Waals surface area contributed by atoms with Crippen molar-refractivity contribution in [1.29, 1.82) is 0 Å². The molecule has 0 amide bonds. The molecule has 1 nitrogen and oxygen atoms in total. The van der Waals surface area contributed by atoms with Crippen LogP contribution in [0.1, 0.15) is 5.56 Å². The molecule has 0 aliphatic heterocycles. The highest BCUT2D eigenvalue weighted by Crippen LogP contribution is 2.35. The first-order valence-electron chi connectivity index (χ1n) is 3.68. The number of phenolic OH excluding ortho intramolecular Hbond substituents is 1. The maximum atomic E-state index is 9.59. The van der Waals surface area contributed by atoms with Crippen molar-refractivity contribution < 1.29 is 5.11 Å². The van der Waals surface area contributed by atoms with Crippen LogP contribution in [0.15, 0.2) is 18.2 Å². The molecule has 1 heterocycles. The molecule has 0 aliphatic rings. The van der Waals surface area contributed by atoms with Crippen LogP contribution in [0.2, 0.25) is 0 Å². The van der Waals surface area contributed by atoms with Gasteiger partial charge in [0.05, 0.1) is 2.88 Å². The van der Waals surface area contributed by atoms with Gasteiger partial charge in [0.15, 0.2) is 0 Å². The SMILES string of the molecule is Oc1ccc2cc(I)sc2c1CBr. The highest BCUT2D eigenvalue weighted by atomic mass is 127. The molecule has 1 aromatic heterocycles. The number of benzene rings is 1. The molecular formula is C9H6BrIOS. The molecule has 2 aromatic rings. The van der Waals surface area contributed by atoms with Crippen LogP contribution in [0.3, 0.4) is 0 Å². The van der Waals surface area contributed by atoms with E-state index in [1.165, 1.54) is 13.0 Å². The summed E-state index contributed by atoms with van der Waals surface area (Å²) in [7, 11) is 0. The van der Waals surface area contributed by atoms with Crippen LogP contribution in [0.4, 0.5) is 0 Å². The zero-order valence-electron chi connectivity index (χ0n) is 6.55. The number of phenols is 1. The van der Waals surface area contributed by atoms with E-state index in [2.05, 4.69) is 44.6 Å². The van der Waals surface area contributed by atoms with E-state index in [4.69, 9.17) is 0 Å². The first kappa shape index (κ1) is 9.73. The summed E-state index contributed by atoms with van der Waals surface area (Å²) >= 11 is 7.40. The van der Waals surface area contributed by atoms with Crippen molar-refractivity contribution >= 4 is 59.9 Å². The van der Waals surface area contributed by atoms with Gasteiger partial charge in [0.2, 0.25) is 0 Å². The predicted molar refractivity (Wildman–Crippen MR) is 68.8 cm³/mol. The molecule has 2 rings (SSSR count). The Labute approximate surface area is 102 Å². The number of hydrogen-bond donors (Lipinski definition) is 1. The Bertz CT molecular complexity index is 452. The molecule has 0 saturated heterocycles. The van der Waals surface area contributed by atoms with Crippen LogP contribution in [0, 0.1) is 2.88 Å². The molecule has 0 spiro atoms. The zero-order valence-corrected chi connectivity index (χ0v) is 11.1. The summed E-state index contributed by atoms with van der Waals surface area (Å²) in [5.74, 6) is 0.377. The molecular weight excluding hydrogens is 363 g/mol. The van der Waals surface area contributed by atoms with Gasteiger partial charge in [-0.2, -0.15) is 0 Å². The number of thiophene rings is 1. The molecule has 1 aromatic carbocycles. The van der Waals surface area contributed by atoms with Crippen molar-refractivity contribution in [3.8, 4) is 5.75 Å². The molecule has 0 unspecified atom stereocenters. The average molecular weight is 369 g/mol. The average Bonchev–Trinajstić information content (AvgIpc) is 2.45. The fourth-order valence-corrected chi connectivity index (χ4v) is 3.92. The van der Waals surface area contributed by atoms with Crippen LogP contribution in [0.5, 0.6) is 5.75 Å². The second kappa shape index (κ2) is 3.74. The largest absolute Gasteiger partial charge is 0.508 e. The maximum Gasteiger partial charge on any atom is 0.121 e. The van der Waals surface area contributed by atoms with E-state index in [0.29, 0.717) is 11.1 Å². The Hall–Kier alpha value is 0.190. The van der Waals surface area contributed by atoms with Gasteiger partial charge in [-0.1, -0.05) is 15.9 Å². The molecule has 0 bridgehead atoms. The lowest BCUT2D eigenvalue weighted by Crippen LogP contribution is -1.78. The highest BCUT2D eigenvalue weighted by Gasteiger charge is 2.08. The van der Waals surface area contributed by atoms with Crippen molar-refractivity contribution in [2.45, 2.75) is 5.33 Å². The Balaban J connectivity index is 2.82. The molecule has 1 N–H and O–H groups in total. The van der Waals surface area contributed by atoms with Gasteiger partial charge in [-0.3, -0.25) is 0 Å². The summed E-state index contributed by atoms with van der Waals surface area (Å²) in [6, 6.07) is 5.84. The molecule has 0 aliphatic carbocycles. The third-order valence-electron chi connectivity index (χ3n) is 1.87. The van der Waals surface area contributed by atoms with Crippen molar-refractivity contribution in [2.24, 2.45) is 0 Å². The number of halogens is 2. The quantitative estimate of drug-likeness (QED) is 0.593. The monoisotopic (exact) mass is 368 g/mol. The molecule has 0 atom stereocenters. The summed E-state index contributed by atoms with van der Waals surface area (Å²) in [5, 5.41) is 11.5. The minimum atomic E-state index is 0.377. The van der Waals surface area contributed by atoms with Crippen LogP contribution in [0.25, 0.3) is 10.1 Å². The van der Waals surface area contributed by atoms with Gasteiger partial charge in [0, 0.05) is 15.6 Å². The first-order chi connectivity index (χ1) is 6.22. The van der Waals surface area contributed by atoms with Crippen molar-refractivity contribution in [3.63, 3.8) is 0 Å². The fraction of sp³-hybridized carbons (Fsp3) is 0.111. The number of hydrogen-bond acceptors (Lipinski definition) is 2. The fourth-order valence-electron chi connectivity index (χ4n) is 1.25. The number of aromatic hydroxyl groups is 1. The topological polar surface area (TPSA) is 20.2 Å². The Kier molecular flexibility index (Phi) is 2.80. The van der Waals surface area contributed by atoms with Gasteiger partial charge in [-0.05, 0) is 46.2 Å². The number of alkyl halides is 1. The van der Waals surface area contributed by atoms with Gasteiger partial charge in [0.1, 0.15) is 5.75 Å². The van der Waals surface area contributed by atoms with Gasteiger partial charge < -0.3 is 5.11 Å². The van der Waals surface area contributed by atoms with Crippen LogP contribution in [-0.4, -0.2) is 5.11 Å². The minimum Gasteiger partial charge on any atom is -0.508 e. The minimum absolute atomic E-state index is 0.377. The Morgan fingerprint density at radius 3 is 2.92 bits per heavy atom. The van der Waals surface area contributed by atoms with E-state index in [-0.39, 0.29) is 0 Å². The summed E-state index contributed by atoms with van der Waals surface area (Å²) in [6.45, 7) is 0. The van der Waals surface area contributed by atoms with Crippen molar-refractivity contribution in [2.75, 3.05) is 0 Å². The summed E-state index contributed by atoms with van der Waals surface area (Å²) in [5.41, 5.74) is 0.991. The van der Waals surface area contributed by atoms with E-state index < -0.39 is 0 Å². The van der Waals surface area contributed by atoms with Gasteiger partial charge >= 0.3 is 0 Å². The van der Waals surface area contributed by atoms with Gasteiger partial charge in [0.25, 0.3) is 0 Å². The molecule has 0 radical (unpaired) electrons. The molecule has 68 valence electrons. The predicted octanol–water partition coefficient (Wildman–Crippen LogP) is 4.11. The van der Waals surface area contributed by atoms with E-state index in [1.807, 2.05) is 6.07 Å². The lowest BCUT2D eigenvalue weighted by atomic mass is 10.2. The molecule has 0 saturated carbocycles. The van der Waals surface area contributed by atoms with Crippen LogP contribution < -0.4 is 0 Å². The molecule has 4 heteroatoms. The van der Waals surface area contributed by atoms with E-state index in [0.717, 1.165) is 5.56 Å². The first-order valence-corrected chi connectivity index (χ1v) is 6.70. The second-order valence-electron chi connectivity index (χ2n) is 2.67. The molecule has 13 heavy (non-hydrogen) atoms. The Morgan fingerprint density at radius 2 is 2.23 bits per heavy atom. The summed E-state index contributed by atoms with van der Waals surface area (Å²) in [6.07, 6.45) is 0. The van der Waals surface area contributed by atoms with Crippen molar-refractivity contribution in [3.05, 3.63) is 26.6 Å². The maximum absolute atomic E-state index is 9.59. The van der Waals surface area contributed by atoms with E-state index >= 15 is 0 Å². The Morgan fingerprint density at radius 1 is 1.46 bits per heavy atom. The normalized spacial score (nSPS) is 10.9. The number of rotatable bonds is 1. The van der Waals surface area contributed by atoms with E-state index in [1.54, 1.807) is 17.4 Å². The highest BCUT2D eigenvalue weighted by molar-refractivity contribution is 14.1. The van der Waals surface area contributed by atoms with Gasteiger partial charge in [-0.15, -0.1) is 11.3 Å². The van der Waals surface area contributed by atoms with Gasteiger partial charge in [-0.25, -0.2) is 0 Å².